The van der Waals surface area contributed by atoms with Crippen LogP contribution in [0.15, 0.2) is 53.2 Å². The van der Waals surface area contributed by atoms with Crippen LogP contribution in [0.1, 0.15) is 11.1 Å². The van der Waals surface area contributed by atoms with Crippen molar-refractivity contribution in [1.82, 2.24) is 0 Å². The summed E-state index contributed by atoms with van der Waals surface area (Å²) in [5, 5.41) is 30.0. The molecule has 0 spiro atoms. The number of benzene rings is 2. The minimum absolute atomic E-state index is 0.0629. The van der Waals surface area contributed by atoms with Crippen LogP contribution in [0, 0.1) is 0 Å². The topological polar surface area (TPSA) is 73.8 Å². The number of hydrogen-bond acceptors (Lipinski definition) is 4. The van der Waals surface area contributed by atoms with Crippen molar-refractivity contribution in [3.63, 3.8) is 0 Å². The van der Waals surface area contributed by atoms with E-state index in [9.17, 15) is 15.3 Å². The highest BCUT2D eigenvalue weighted by molar-refractivity contribution is 5.92. The first-order valence-corrected chi connectivity index (χ1v) is 6.52. The van der Waals surface area contributed by atoms with Gasteiger partial charge < -0.3 is 19.7 Å². The predicted octanol–water partition coefficient (Wildman–Crippen LogP) is 3.81. The van der Waals surface area contributed by atoms with Gasteiger partial charge >= 0.3 is 0 Å². The summed E-state index contributed by atoms with van der Waals surface area (Å²) in [6.07, 6.45) is 5.21. The van der Waals surface area contributed by atoms with Crippen molar-refractivity contribution in [2.75, 3.05) is 0 Å². The minimum Gasteiger partial charge on any atom is -0.507 e. The van der Waals surface area contributed by atoms with Crippen molar-refractivity contribution in [2.24, 2.45) is 0 Å². The van der Waals surface area contributed by atoms with Gasteiger partial charge in [-0.05, 0) is 12.0 Å². The van der Waals surface area contributed by atoms with Crippen molar-refractivity contribution in [3.05, 3.63) is 59.9 Å². The molecule has 3 aromatic rings. The molecule has 0 radical (unpaired) electrons. The van der Waals surface area contributed by atoms with E-state index in [1.54, 1.807) is 0 Å². The Bertz CT molecular complexity index is 801. The molecule has 0 bridgehead atoms. The van der Waals surface area contributed by atoms with E-state index in [1.807, 2.05) is 42.5 Å². The molecule has 0 fully saturated rings. The largest absolute Gasteiger partial charge is 0.507 e. The number of fused-ring (bicyclic) bond motifs is 1. The summed E-state index contributed by atoms with van der Waals surface area (Å²) in [5.41, 5.74) is 1.63. The molecule has 0 unspecified atom stereocenters. The van der Waals surface area contributed by atoms with Crippen molar-refractivity contribution in [3.8, 4) is 17.2 Å². The maximum atomic E-state index is 10.2. The lowest BCUT2D eigenvalue weighted by molar-refractivity contribution is 0.442. The van der Waals surface area contributed by atoms with Crippen molar-refractivity contribution >= 4 is 17.0 Å². The van der Waals surface area contributed by atoms with Gasteiger partial charge in [0, 0.05) is 11.6 Å². The molecule has 106 valence electrons. The molecule has 1 aromatic heterocycles. The Balaban J connectivity index is 1.93. The number of rotatable bonds is 3. The predicted molar refractivity (Wildman–Crippen MR) is 80.4 cm³/mol. The summed E-state index contributed by atoms with van der Waals surface area (Å²) < 4.78 is 5.05. The quantitative estimate of drug-likeness (QED) is 0.683. The molecule has 0 aliphatic rings. The first-order chi connectivity index (χ1) is 10.2. The van der Waals surface area contributed by atoms with Crippen LogP contribution in [-0.4, -0.2) is 15.3 Å². The first kappa shape index (κ1) is 13.1. The number of hydrogen-bond donors (Lipinski definition) is 3. The third-order valence-corrected chi connectivity index (χ3v) is 3.33. The summed E-state index contributed by atoms with van der Waals surface area (Å²) in [6.45, 7) is 0. The van der Waals surface area contributed by atoms with Crippen LogP contribution in [0.4, 0.5) is 0 Å². The van der Waals surface area contributed by atoms with Crippen LogP contribution < -0.4 is 0 Å². The molecule has 3 rings (SSSR count). The summed E-state index contributed by atoms with van der Waals surface area (Å²) in [5.74, 6) is -0.364. The fourth-order valence-electron chi connectivity index (χ4n) is 2.27. The number of phenols is 2. The number of allylic oxidation sites excluding steroid dienone is 1. The highest BCUT2D eigenvalue weighted by Gasteiger charge is 2.16. The van der Waals surface area contributed by atoms with E-state index >= 15 is 0 Å². The van der Waals surface area contributed by atoms with Gasteiger partial charge in [-0.2, -0.15) is 0 Å². The second-order valence-corrected chi connectivity index (χ2v) is 4.73. The highest BCUT2D eigenvalue weighted by Crippen LogP contribution is 2.41. The summed E-state index contributed by atoms with van der Waals surface area (Å²) in [6, 6.07) is 11.1. The Morgan fingerprint density at radius 1 is 1.00 bits per heavy atom. The van der Waals surface area contributed by atoms with E-state index in [-0.39, 0.29) is 28.2 Å². The molecule has 21 heavy (non-hydrogen) atoms. The monoisotopic (exact) mass is 282 g/mol. The molecule has 4 nitrogen and oxygen atoms in total. The zero-order valence-electron chi connectivity index (χ0n) is 11.2. The van der Waals surface area contributed by atoms with Gasteiger partial charge in [-0.1, -0.05) is 42.5 Å². The van der Waals surface area contributed by atoms with Crippen LogP contribution >= 0.6 is 0 Å². The van der Waals surface area contributed by atoms with Gasteiger partial charge in [0.05, 0.1) is 0 Å². The molecule has 0 saturated carbocycles. The normalized spacial score (nSPS) is 11.4. The fraction of sp³-hybridized carbons (Fsp3) is 0.0588. The minimum atomic E-state index is -0.158. The van der Waals surface area contributed by atoms with Crippen LogP contribution in [0.25, 0.3) is 17.0 Å². The van der Waals surface area contributed by atoms with E-state index in [2.05, 4.69) is 0 Å². The van der Waals surface area contributed by atoms with Gasteiger partial charge in [0.25, 0.3) is 0 Å². The van der Waals surface area contributed by atoms with Gasteiger partial charge in [0.15, 0.2) is 5.75 Å². The third-order valence-electron chi connectivity index (χ3n) is 3.33. The molecule has 0 atom stereocenters. The molecule has 3 N–H and O–H groups in total. The average molecular weight is 282 g/mol. The molecular weight excluding hydrogens is 268 g/mol. The lowest BCUT2D eigenvalue weighted by Gasteiger charge is -2.06. The van der Waals surface area contributed by atoms with Gasteiger partial charge in [-0.25, -0.2) is 0 Å². The molecule has 0 saturated heterocycles. The van der Waals surface area contributed by atoms with Crippen molar-refractivity contribution < 1.29 is 19.7 Å². The zero-order valence-corrected chi connectivity index (χ0v) is 11.2. The Hall–Kier alpha value is -2.88. The van der Waals surface area contributed by atoms with Crippen molar-refractivity contribution in [2.45, 2.75) is 6.42 Å². The maximum Gasteiger partial charge on any atom is 0.165 e. The SMILES string of the molecule is Oc1cc2occ(O)c2c(O)c1CC=Cc1ccccc1. The van der Waals surface area contributed by atoms with E-state index < -0.39 is 0 Å². The Kier molecular flexibility index (Phi) is 3.28. The Labute approximate surface area is 121 Å². The van der Waals surface area contributed by atoms with Gasteiger partial charge in [-0.15, -0.1) is 0 Å². The van der Waals surface area contributed by atoms with Crippen molar-refractivity contribution in [1.29, 1.82) is 0 Å². The zero-order chi connectivity index (χ0) is 14.8. The Morgan fingerprint density at radius 3 is 2.52 bits per heavy atom. The summed E-state index contributed by atoms with van der Waals surface area (Å²) in [4.78, 5) is 0. The van der Waals surface area contributed by atoms with Crippen LogP contribution in [0.3, 0.4) is 0 Å². The number of phenolic OH excluding ortho intramolecular Hbond substituents is 2. The molecule has 4 heteroatoms. The first-order valence-electron chi connectivity index (χ1n) is 6.52. The number of aromatic hydroxyl groups is 3. The lowest BCUT2D eigenvalue weighted by Crippen LogP contribution is -1.85. The second kappa shape index (κ2) is 5.25. The second-order valence-electron chi connectivity index (χ2n) is 4.73. The average Bonchev–Trinajstić information content (AvgIpc) is 2.85. The Morgan fingerprint density at radius 2 is 1.76 bits per heavy atom. The van der Waals surface area contributed by atoms with E-state index in [4.69, 9.17) is 4.42 Å². The molecule has 0 amide bonds. The summed E-state index contributed by atoms with van der Waals surface area (Å²) in [7, 11) is 0. The standard InChI is InChI=1S/C17H14O4/c18-13-9-15-16(14(19)10-21-15)17(20)12(13)8-4-7-11-5-2-1-3-6-11/h1-7,9-10,18-20H,8H2. The molecule has 0 aliphatic heterocycles. The van der Waals surface area contributed by atoms with E-state index in [0.29, 0.717) is 12.0 Å². The molecule has 2 aromatic carbocycles. The smallest absolute Gasteiger partial charge is 0.165 e. The molecule has 1 heterocycles. The fourth-order valence-corrected chi connectivity index (χ4v) is 2.27. The van der Waals surface area contributed by atoms with Gasteiger partial charge in [-0.3, -0.25) is 0 Å². The third kappa shape index (κ3) is 2.43. The van der Waals surface area contributed by atoms with Gasteiger partial charge in [0.1, 0.15) is 28.7 Å². The lowest BCUT2D eigenvalue weighted by atomic mass is 10.0. The number of furan rings is 1. The van der Waals surface area contributed by atoms with Crippen LogP contribution in [0.2, 0.25) is 0 Å². The maximum absolute atomic E-state index is 10.2. The highest BCUT2D eigenvalue weighted by atomic mass is 16.4. The summed E-state index contributed by atoms with van der Waals surface area (Å²) >= 11 is 0. The molecule has 0 aliphatic carbocycles. The van der Waals surface area contributed by atoms with Crippen LogP contribution in [-0.2, 0) is 6.42 Å². The van der Waals surface area contributed by atoms with E-state index in [1.165, 1.54) is 6.07 Å². The molecular formula is C17H14O4. The van der Waals surface area contributed by atoms with E-state index in [0.717, 1.165) is 11.8 Å². The van der Waals surface area contributed by atoms with Crippen LogP contribution in [0.5, 0.6) is 17.2 Å². The van der Waals surface area contributed by atoms with Gasteiger partial charge in [0.2, 0.25) is 0 Å².